The monoisotopic (exact) mass is 300 g/mol. The molecule has 0 aromatic heterocycles. The summed E-state index contributed by atoms with van der Waals surface area (Å²) in [5.74, 6) is 0.535. The molecule has 0 radical (unpaired) electrons. The SMILES string of the molecule is CCN(CC1CC(c2ccccc2)=NO1)C(=O)C1CCCC1. The molecule has 0 saturated heterocycles. The molecule has 4 nitrogen and oxygen atoms in total. The van der Waals surface area contributed by atoms with E-state index in [4.69, 9.17) is 4.84 Å². The Balaban J connectivity index is 1.56. The van der Waals surface area contributed by atoms with Gasteiger partial charge in [0.2, 0.25) is 5.91 Å². The van der Waals surface area contributed by atoms with Crippen LogP contribution in [-0.2, 0) is 9.63 Å². The summed E-state index contributed by atoms with van der Waals surface area (Å²) >= 11 is 0. The third kappa shape index (κ3) is 3.32. The number of oxime groups is 1. The van der Waals surface area contributed by atoms with Crippen LogP contribution < -0.4 is 0 Å². The van der Waals surface area contributed by atoms with Gasteiger partial charge >= 0.3 is 0 Å². The topological polar surface area (TPSA) is 41.9 Å². The zero-order chi connectivity index (χ0) is 15.4. The lowest BCUT2D eigenvalue weighted by molar-refractivity contribution is -0.136. The van der Waals surface area contributed by atoms with Crippen LogP contribution in [0.15, 0.2) is 35.5 Å². The second kappa shape index (κ2) is 6.95. The fourth-order valence-electron chi connectivity index (χ4n) is 3.38. The number of nitrogens with zero attached hydrogens (tertiary/aromatic N) is 2. The standard InChI is InChI=1S/C18H24N2O2/c1-2-20(18(21)15-10-6-7-11-15)13-16-12-17(19-22-16)14-8-4-3-5-9-14/h3-5,8-9,15-16H,2,6-7,10-13H2,1H3. The van der Waals surface area contributed by atoms with Gasteiger partial charge in [0.1, 0.15) is 0 Å². The molecule has 4 heteroatoms. The highest BCUT2D eigenvalue weighted by Crippen LogP contribution is 2.27. The molecule has 1 aliphatic carbocycles. The van der Waals surface area contributed by atoms with E-state index >= 15 is 0 Å². The first kappa shape index (κ1) is 15.1. The van der Waals surface area contributed by atoms with Crippen molar-refractivity contribution in [3.63, 3.8) is 0 Å². The van der Waals surface area contributed by atoms with Gasteiger partial charge in [0.15, 0.2) is 6.10 Å². The number of carbonyl (C=O) groups is 1. The van der Waals surface area contributed by atoms with E-state index in [1.165, 1.54) is 12.8 Å². The van der Waals surface area contributed by atoms with E-state index in [9.17, 15) is 4.79 Å². The summed E-state index contributed by atoms with van der Waals surface area (Å²) in [7, 11) is 0. The highest BCUT2D eigenvalue weighted by molar-refractivity contribution is 6.01. The lowest BCUT2D eigenvalue weighted by Gasteiger charge is -2.26. The molecule has 118 valence electrons. The van der Waals surface area contributed by atoms with Crippen LogP contribution in [0.4, 0.5) is 0 Å². The summed E-state index contributed by atoms with van der Waals surface area (Å²) in [6.45, 7) is 3.43. The summed E-state index contributed by atoms with van der Waals surface area (Å²) in [4.78, 5) is 20.1. The Kier molecular flexibility index (Phi) is 4.76. The van der Waals surface area contributed by atoms with Crippen molar-refractivity contribution in [3.8, 4) is 0 Å². The number of hydrogen-bond acceptors (Lipinski definition) is 3. The van der Waals surface area contributed by atoms with Gasteiger partial charge in [-0.15, -0.1) is 0 Å². The number of likely N-dealkylation sites (N-methyl/N-ethyl adjacent to an activating group) is 1. The summed E-state index contributed by atoms with van der Waals surface area (Å²) in [6.07, 6.45) is 5.24. The Hall–Kier alpha value is -1.84. The van der Waals surface area contributed by atoms with E-state index in [2.05, 4.69) is 5.16 Å². The normalized spacial score (nSPS) is 21.5. The molecule has 0 bridgehead atoms. The summed E-state index contributed by atoms with van der Waals surface area (Å²) in [5.41, 5.74) is 2.09. The van der Waals surface area contributed by atoms with Gasteiger partial charge in [-0.2, -0.15) is 0 Å². The Bertz CT molecular complexity index is 535. The minimum absolute atomic E-state index is 0.0134. The van der Waals surface area contributed by atoms with Crippen molar-refractivity contribution < 1.29 is 9.63 Å². The molecule has 0 spiro atoms. The number of carbonyl (C=O) groups excluding carboxylic acids is 1. The number of rotatable bonds is 5. The van der Waals surface area contributed by atoms with Crippen molar-refractivity contribution in [3.05, 3.63) is 35.9 Å². The van der Waals surface area contributed by atoms with E-state index in [0.29, 0.717) is 12.5 Å². The Morgan fingerprint density at radius 3 is 2.68 bits per heavy atom. The van der Waals surface area contributed by atoms with E-state index in [1.807, 2.05) is 42.2 Å². The Morgan fingerprint density at radius 2 is 2.00 bits per heavy atom. The van der Waals surface area contributed by atoms with Crippen molar-refractivity contribution in [1.82, 2.24) is 4.90 Å². The van der Waals surface area contributed by atoms with Crippen LogP contribution in [-0.4, -0.2) is 35.7 Å². The van der Waals surface area contributed by atoms with Crippen LogP contribution >= 0.6 is 0 Å². The second-order valence-electron chi connectivity index (χ2n) is 6.19. The molecule has 22 heavy (non-hydrogen) atoms. The van der Waals surface area contributed by atoms with Gasteiger partial charge in [-0.05, 0) is 25.3 Å². The molecule has 3 rings (SSSR count). The highest BCUT2D eigenvalue weighted by Gasteiger charge is 2.30. The Labute approximate surface area is 132 Å². The van der Waals surface area contributed by atoms with Crippen LogP contribution in [0.5, 0.6) is 0 Å². The predicted octanol–water partition coefficient (Wildman–Crippen LogP) is 3.22. The van der Waals surface area contributed by atoms with Crippen molar-refractivity contribution in [2.45, 2.75) is 45.1 Å². The minimum Gasteiger partial charge on any atom is -0.390 e. The first-order valence-corrected chi connectivity index (χ1v) is 8.35. The molecule has 1 aliphatic heterocycles. The van der Waals surface area contributed by atoms with Gasteiger partial charge in [-0.25, -0.2) is 0 Å². The molecule has 1 saturated carbocycles. The summed E-state index contributed by atoms with van der Waals surface area (Å²) in [6, 6.07) is 10.1. The van der Waals surface area contributed by atoms with Gasteiger partial charge in [0.05, 0.1) is 12.3 Å². The zero-order valence-electron chi connectivity index (χ0n) is 13.2. The van der Waals surface area contributed by atoms with Gasteiger partial charge in [0, 0.05) is 18.9 Å². The maximum absolute atomic E-state index is 12.5. The van der Waals surface area contributed by atoms with Crippen molar-refractivity contribution in [2.75, 3.05) is 13.1 Å². The first-order chi connectivity index (χ1) is 10.8. The van der Waals surface area contributed by atoms with E-state index in [1.54, 1.807) is 0 Å². The van der Waals surface area contributed by atoms with Gasteiger partial charge in [-0.3, -0.25) is 4.79 Å². The number of amides is 1. The minimum atomic E-state index is -0.0134. The second-order valence-corrected chi connectivity index (χ2v) is 6.19. The lowest BCUT2D eigenvalue weighted by Crippen LogP contribution is -2.40. The average molecular weight is 300 g/mol. The van der Waals surface area contributed by atoms with Crippen LogP contribution in [0.1, 0.15) is 44.6 Å². The largest absolute Gasteiger partial charge is 0.390 e. The third-order valence-corrected chi connectivity index (χ3v) is 4.66. The molecule has 1 aromatic rings. The quantitative estimate of drug-likeness (QED) is 0.838. The molecule has 1 aromatic carbocycles. The molecule has 1 amide bonds. The molecule has 1 heterocycles. The Morgan fingerprint density at radius 1 is 1.27 bits per heavy atom. The molecule has 0 N–H and O–H groups in total. The van der Waals surface area contributed by atoms with Crippen molar-refractivity contribution in [2.24, 2.45) is 11.1 Å². The van der Waals surface area contributed by atoms with Gasteiger partial charge < -0.3 is 9.74 Å². The molecule has 1 unspecified atom stereocenters. The summed E-state index contributed by atoms with van der Waals surface area (Å²) in [5, 5.41) is 4.21. The van der Waals surface area contributed by atoms with Crippen LogP contribution in [0, 0.1) is 5.92 Å². The first-order valence-electron chi connectivity index (χ1n) is 8.35. The fourth-order valence-corrected chi connectivity index (χ4v) is 3.38. The average Bonchev–Trinajstić information content (AvgIpc) is 3.24. The van der Waals surface area contributed by atoms with Gasteiger partial charge in [0.25, 0.3) is 0 Å². The zero-order valence-corrected chi connectivity index (χ0v) is 13.2. The van der Waals surface area contributed by atoms with Crippen LogP contribution in [0.25, 0.3) is 0 Å². The number of hydrogen-bond donors (Lipinski definition) is 0. The molecule has 2 aliphatic rings. The van der Waals surface area contributed by atoms with Crippen molar-refractivity contribution >= 4 is 11.6 Å². The van der Waals surface area contributed by atoms with Gasteiger partial charge in [-0.1, -0.05) is 48.3 Å². The van der Waals surface area contributed by atoms with Crippen LogP contribution in [0.2, 0.25) is 0 Å². The molecular formula is C18H24N2O2. The maximum atomic E-state index is 12.5. The van der Waals surface area contributed by atoms with Crippen LogP contribution in [0.3, 0.4) is 0 Å². The smallest absolute Gasteiger partial charge is 0.225 e. The lowest BCUT2D eigenvalue weighted by atomic mass is 10.0. The summed E-state index contributed by atoms with van der Waals surface area (Å²) < 4.78 is 0. The molecule has 1 fully saturated rings. The predicted molar refractivity (Wildman–Crippen MR) is 86.7 cm³/mol. The highest BCUT2D eigenvalue weighted by atomic mass is 16.6. The van der Waals surface area contributed by atoms with E-state index < -0.39 is 0 Å². The molecule has 1 atom stereocenters. The third-order valence-electron chi connectivity index (χ3n) is 4.66. The fraction of sp³-hybridized carbons (Fsp3) is 0.556. The van der Waals surface area contributed by atoms with E-state index in [-0.39, 0.29) is 12.0 Å². The van der Waals surface area contributed by atoms with Crippen molar-refractivity contribution in [1.29, 1.82) is 0 Å². The van der Waals surface area contributed by atoms with E-state index in [0.717, 1.165) is 37.1 Å². The number of benzene rings is 1. The molecular weight excluding hydrogens is 276 g/mol. The maximum Gasteiger partial charge on any atom is 0.225 e.